The first-order valence-electron chi connectivity index (χ1n) is 10.8. The zero-order valence-electron chi connectivity index (χ0n) is 18.0. The Morgan fingerprint density at radius 1 is 0.906 bits per heavy atom. The molecule has 0 N–H and O–H groups in total. The molecule has 166 valence electrons. The zero-order valence-corrected chi connectivity index (χ0v) is 18.0. The fourth-order valence-electron chi connectivity index (χ4n) is 3.87. The number of rotatable bonds is 8. The number of benzene rings is 3. The number of allylic oxidation sites excluding steroid dienone is 1. The summed E-state index contributed by atoms with van der Waals surface area (Å²) in [6.07, 6.45) is 5.22. The van der Waals surface area contributed by atoms with Crippen molar-refractivity contribution in [2.45, 2.75) is 45.6 Å². The van der Waals surface area contributed by atoms with Crippen molar-refractivity contribution in [3.8, 4) is 17.2 Å². The Hall–Kier alpha value is -3.21. The largest absolute Gasteiger partial charge is 0.486 e. The van der Waals surface area contributed by atoms with Gasteiger partial charge in [-0.2, -0.15) is 8.78 Å². The highest BCUT2D eigenvalue weighted by molar-refractivity contribution is 5.54. The van der Waals surface area contributed by atoms with Gasteiger partial charge in [-0.25, -0.2) is 4.39 Å². The van der Waals surface area contributed by atoms with Crippen LogP contribution < -0.4 is 9.47 Å². The number of hydrogen-bond donors (Lipinski definition) is 0. The van der Waals surface area contributed by atoms with Crippen LogP contribution in [0.1, 0.15) is 47.6 Å². The van der Waals surface area contributed by atoms with E-state index in [1.165, 1.54) is 11.6 Å². The molecule has 1 heterocycles. The van der Waals surface area contributed by atoms with E-state index in [2.05, 4.69) is 6.58 Å². The molecule has 0 radical (unpaired) electrons. The molecule has 0 aromatic heterocycles. The molecule has 32 heavy (non-hydrogen) atoms. The van der Waals surface area contributed by atoms with Crippen LogP contribution in [0, 0.1) is 17.5 Å². The quantitative estimate of drug-likeness (QED) is 0.266. The first-order valence-corrected chi connectivity index (χ1v) is 10.8. The molecule has 1 aliphatic rings. The van der Waals surface area contributed by atoms with Gasteiger partial charge >= 0.3 is 0 Å². The summed E-state index contributed by atoms with van der Waals surface area (Å²) in [4.78, 5) is 0. The van der Waals surface area contributed by atoms with Crippen molar-refractivity contribution in [1.29, 1.82) is 0 Å². The van der Waals surface area contributed by atoms with Crippen molar-refractivity contribution >= 4 is 0 Å². The van der Waals surface area contributed by atoms with Gasteiger partial charge in [0.25, 0.3) is 0 Å². The smallest absolute Gasteiger partial charge is 0.205 e. The second kappa shape index (κ2) is 9.51. The van der Waals surface area contributed by atoms with Crippen LogP contribution >= 0.6 is 0 Å². The lowest BCUT2D eigenvalue weighted by Crippen LogP contribution is -2.10. The maximum absolute atomic E-state index is 14.8. The predicted octanol–water partition coefficient (Wildman–Crippen LogP) is 7.45. The van der Waals surface area contributed by atoms with Gasteiger partial charge in [-0.05, 0) is 42.0 Å². The van der Waals surface area contributed by atoms with E-state index in [9.17, 15) is 13.2 Å². The highest BCUT2D eigenvalue weighted by atomic mass is 19.2. The Balaban J connectivity index is 1.54. The Morgan fingerprint density at radius 2 is 1.62 bits per heavy atom. The summed E-state index contributed by atoms with van der Waals surface area (Å²) in [5.74, 6) is -3.30. The summed E-state index contributed by atoms with van der Waals surface area (Å²) in [7, 11) is 0. The van der Waals surface area contributed by atoms with Crippen molar-refractivity contribution in [2.75, 3.05) is 0 Å². The van der Waals surface area contributed by atoms with Crippen LogP contribution in [-0.4, -0.2) is 0 Å². The van der Waals surface area contributed by atoms with Crippen LogP contribution in [0.2, 0.25) is 0 Å². The Morgan fingerprint density at radius 3 is 2.34 bits per heavy atom. The molecule has 0 aliphatic carbocycles. The van der Waals surface area contributed by atoms with E-state index >= 15 is 0 Å². The van der Waals surface area contributed by atoms with E-state index in [1.54, 1.807) is 12.1 Å². The van der Waals surface area contributed by atoms with E-state index in [0.29, 0.717) is 23.1 Å². The molecule has 0 saturated carbocycles. The number of ether oxygens (including phenoxy) is 2. The van der Waals surface area contributed by atoms with E-state index in [4.69, 9.17) is 9.47 Å². The van der Waals surface area contributed by atoms with Crippen molar-refractivity contribution in [1.82, 2.24) is 0 Å². The summed E-state index contributed by atoms with van der Waals surface area (Å²) < 4.78 is 55.4. The van der Waals surface area contributed by atoms with Crippen molar-refractivity contribution in [3.05, 3.63) is 100 Å². The van der Waals surface area contributed by atoms with Crippen LogP contribution in [-0.2, 0) is 25.9 Å². The van der Waals surface area contributed by atoms with E-state index in [-0.39, 0.29) is 30.3 Å². The van der Waals surface area contributed by atoms with Crippen LogP contribution in [0.15, 0.2) is 55.1 Å². The summed E-state index contributed by atoms with van der Waals surface area (Å²) in [6, 6.07) is 12.7. The molecule has 0 spiro atoms. The third-order valence-electron chi connectivity index (χ3n) is 5.62. The van der Waals surface area contributed by atoms with Crippen molar-refractivity contribution < 1.29 is 22.6 Å². The average molecular weight is 438 g/mol. The maximum Gasteiger partial charge on any atom is 0.205 e. The molecule has 0 amide bonds. The van der Waals surface area contributed by atoms with Gasteiger partial charge in [-0.1, -0.05) is 55.8 Å². The molecule has 2 nitrogen and oxygen atoms in total. The number of aryl methyl sites for hydroxylation is 2. The summed E-state index contributed by atoms with van der Waals surface area (Å²) >= 11 is 0. The molecule has 3 aromatic carbocycles. The highest BCUT2D eigenvalue weighted by Crippen LogP contribution is 2.43. The van der Waals surface area contributed by atoms with Gasteiger partial charge in [0, 0.05) is 17.5 Å². The molecule has 5 heteroatoms. The van der Waals surface area contributed by atoms with Crippen LogP contribution in [0.25, 0.3) is 0 Å². The number of fused-ring (bicyclic) bond motifs is 2. The monoisotopic (exact) mass is 438 g/mol. The molecule has 4 rings (SSSR count). The molecular formula is C27H25F3O2. The van der Waals surface area contributed by atoms with Crippen molar-refractivity contribution in [2.24, 2.45) is 0 Å². The Labute approximate surface area is 186 Å². The van der Waals surface area contributed by atoms with Gasteiger partial charge in [0.2, 0.25) is 11.6 Å². The number of hydrogen-bond acceptors (Lipinski definition) is 2. The third-order valence-corrected chi connectivity index (χ3v) is 5.62. The first kappa shape index (κ1) is 22.0. The minimum atomic E-state index is -1.16. The van der Waals surface area contributed by atoms with Crippen LogP contribution in [0.4, 0.5) is 13.2 Å². The standard InChI is InChI=1S/C27H25F3O2/c1-3-5-7-17-8-10-18(11-9-17)16-31-22-15-21-14-20-13-12-19(6-4-2)23(28)26(20)32-27(21)25(30)24(22)29/h3,8-13,15H,1,4-7,14,16H2,2H3. The fourth-order valence-corrected chi connectivity index (χ4v) is 3.87. The summed E-state index contributed by atoms with van der Waals surface area (Å²) in [5.41, 5.74) is 3.54. The van der Waals surface area contributed by atoms with Gasteiger partial charge in [0.15, 0.2) is 23.1 Å². The SMILES string of the molecule is C=CCCc1ccc(COc2cc3c(c(F)c2F)Oc2c(ccc(CCC)c2F)C3)cc1. The lowest BCUT2D eigenvalue weighted by atomic mass is 9.97. The molecule has 3 aromatic rings. The summed E-state index contributed by atoms with van der Waals surface area (Å²) in [6.45, 7) is 5.76. The first-order chi connectivity index (χ1) is 15.5. The number of halogens is 3. The predicted molar refractivity (Wildman–Crippen MR) is 119 cm³/mol. The van der Waals surface area contributed by atoms with Gasteiger partial charge in [-0.3, -0.25) is 0 Å². The Bertz CT molecular complexity index is 1140. The highest BCUT2D eigenvalue weighted by Gasteiger charge is 2.28. The summed E-state index contributed by atoms with van der Waals surface area (Å²) in [5, 5.41) is 0. The second-order valence-electron chi connectivity index (χ2n) is 7.98. The molecule has 0 saturated heterocycles. The lowest BCUT2D eigenvalue weighted by molar-refractivity contribution is 0.279. The van der Waals surface area contributed by atoms with Crippen molar-refractivity contribution in [3.63, 3.8) is 0 Å². The average Bonchev–Trinajstić information content (AvgIpc) is 2.81. The third kappa shape index (κ3) is 4.38. The van der Waals surface area contributed by atoms with Crippen LogP contribution in [0.5, 0.6) is 17.2 Å². The van der Waals surface area contributed by atoms with Crippen LogP contribution in [0.3, 0.4) is 0 Å². The minimum absolute atomic E-state index is 0.0213. The van der Waals surface area contributed by atoms with Gasteiger partial charge in [-0.15, -0.1) is 6.58 Å². The molecule has 0 fully saturated rings. The fraction of sp³-hybridized carbons (Fsp3) is 0.259. The normalized spacial score (nSPS) is 12.0. The van der Waals surface area contributed by atoms with Gasteiger partial charge in [0.05, 0.1) is 0 Å². The molecule has 1 aliphatic heterocycles. The topological polar surface area (TPSA) is 18.5 Å². The maximum atomic E-state index is 14.8. The molecule has 0 atom stereocenters. The molecular weight excluding hydrogens is 413 g/mol. The van der Waals surface area contributed by atoms with Gasteiger partial charge < -0.3 is 9.47 Å². The van der Waals surface area contributed by atoms with E-state index in [0.717, 1.165) is 24.8 Å². The van der Waals surface area contributed by atoms with E-state index < -0.39 is 17.5 Å². The second-order valence-corrected chi connectivity index (χ2v) is 7.98. The minimum Gasteiger partial charge on any atom is -0.486 e. The molecule has 0 unspecified atom stereocenters. The molecule has 0 bridgehead atoms. The van der Waals surface area contributed by atoms with Gasteiger partial charge in [0.1, 0.15) is 6.61 Å². The Kier molecular flexibility index (Phi) is 6.54. The zero-order chi connectivity index (χ0) is 22.7. The lowest BCUT2D eigenvalue weighted by Gasteiger charge is -2.23. The van der Waals surface area contributed by atoms with E-state index in [1.807, 2.05) is 37.3 Å².